The van der Waals surface area contributed by atoms with Crippen molar-refractivity contribution >= 4 is 5.91 Å². The van der Waals surface area contributed by atoms with E-state index < -0.39 is 11.7 Å². The lowest BCUT2D eigenvalue weighted by molar-refractivity contribution is -0.137. The molecule has 0 spiro atoms. The maximum absolute atomic E-state index is 12.9. The third-order valence-corrected chi connectivity index (χ3v) is 5.11. The van der Waals surface area contributed by atoms with Gasteiger partial charge in [-0.15, -0.1) is 0 Å². The number of carbonyl (C=O) groups is 1. The maximum Gasteiger partial charge on any atom is 0.416 e. The highest BCUT2D eigenvalue weighted by molar-refractivity contribution is 5.95. The SMILES string of the molecule is CCN(CC)Cc1c(C(=O)N[C@@H](C)C(C)C)noc1-c1ccc(C(F)(F)F)cc1. The molecule has 2 rings (SSSR count). The lowest BCUT2D eigenvalue weighted by atomic mass is 10.0. The fraction of sp³-hybridized carbons (Fsp3) is 0.524. The molecule has 0 radical (unpaired) electrons. The molecule has 0 saturated heterocycles. The third-order valence-electron chi connectivity index (χ3n) is 5.11. The summed E-state index contributed by atoms with van der Waals surface area (Å²) in [6, 6.07) is 4.62. The smallest absolute Gasteiger partial charge is 0.355 e. The zero-order valence-corrected chi connectivity index (χ0v) is 17.4. The Morgan fingerprint density at radius 1 is 1.14 bits per heavy atom. The number of nitrogens with one attached hydrogen (secondary N) is 1. The summed E-state index contributed by atoms with van der Waals surface area (Å²) in [5.41, 5.74) is 0.444. The summed E-state index contributed by atoms with van der Waals surface area (Å²) in [4.78, 5) is 14.9. The van der Waals surface area contributed by atoms with E-state index in [1.807, 2.05) is 34.6 Å². The minimum atomic E-state index is -4.41. The highest BCUT2D eigenvalue weighted by Crippen LogP contribution is 2.33. The van der Waals surface area contributed by atoms with Crippen LogP contribution in [0, 0.1) is 5.92 Å². The second kappa shape index (κ2) is 9.43. The van der Waals surface area contributed by atoms with Gasteiger partial charge in [0.2, 0.25) is 0 Å². The normalized spacial score (nSPS) is 13.2. The molecule has 5 nitrogen and oxygen atoms in total. The molecule has 0 unspecified atom stereocenters. The zero-order valence-electron chi connectivity index (χ0n) is 17.4. The van der Waals surface area contributed by atoms with Crippen molar-refractivity contribution in [3.8, 4) is 11.3 Å². The highest BCUT2D eigenvalue weighted by Gasteiger charge is 2.31. The Morgan fingerprint density at radius 3 is 2.21 bits per heavy atom. The average Bonchev–Trinajstić information content (AvgIpc) is 3.08. The molecule has 0 aliphatic carbocycles. The molecule has 2 aromatic rings. The van der Waals surface area contributed by atoms with E-state index in [1.165, 1.54) is 12.1 Å². The Kier molecular flexibility index (Phi) is 7.46. The molecule has 0 aliphatic rings. The van der Waals surface area contributed by atoms with Crippen LogP contribution < -0.4 is 5.32 Å². The van der Waals surface area contributed by atoms with Gasteiger partial charge in [-0.2, -0.15) is 13.2 Å². The first kappa shape index (κ1) is 22.9. The van der Waals surface area contributed by atoms with Gasteiger partial charge in [-0.1, -0.05) is 45.0 Å². The number of alkyl halides is 3. The first-order chi connectivity index (χ1) is 13.6. The molecular formula is C21H28F3N3O2. The van der Waals surface area contributed by atoms with Crippen LogP contribution in [0.1, 0.15) is 56.2 Å². The monoisotopic (exact) mass is 411 g/mol. The van der Waals surface area contributed by atoms with E-state index >= 15 is 0 Å². The molecule has 1 N–H and O–H groups in total. The molecule has 1 aromatic carbocycles. The second-order valence-electron chi connectivity index (χ2n) is 7.38. The van der Waals surface area contributed by atoms with Crippen molar-refractivity contribution in [2.45, 2.75) is 53.4 Å². The van der Waals surface area contributed by atoms with Crippen molar-refractivity contribution in [3.05, 3.63) is 41.1 Å². The predicted molar refractivity (Wildman–Crippen MR) is 105 cm³/mol. The van der Waals surface area contributed by atoms with Crippen molar-refractivity contribution in [3.63, 3.8) is 0 Å². The van der Waals surface area contributed by atoms with Gasteiger partial charge < -0.3 is 9.84 Å². The number of benzene rings is 1. The van der Waals surface area contributed by atoms with Gasteiger partial charge >= 0.3 is 6.18 Å². The highest BCUT2D eigenvalue weighted by atomic mass is 19.4. The van der Waals surface area contributed by atoms with Gasteiger partial charge in [0.1, 0.15) is 0 Å². The minimum Gasteiger partial charge on any atom is -0.355 e. The number of amides is 1. The van der Waals surface area contributed by atoms with Crippen molar-refractivity contribution in [1.29, 1.82) is 0 Å². The van der Waals surface area contributed by atoms with E-state index in [9.17, 15) is 18.0 Å². The van der Waals surface area contributed by atoms with E-state index in [0.29, 0.717) is 23.4 Å². The number of hydrogen-bond acceptors (Lipinski definition) is 4. The fourth-order valence-corrected chi connectivity index (χ4v) is 2.78. The summed E-state index contributed by atoms with van der Waals surface area (Å²) in [6.45, 7) is 11.8. The third kappa shape index (κ3) is 5.59. The van der Waals surface area contributed by atoms with Crippen LogP contribution in [0.5, 0.6) is 0 Å². The first-order valence-corrected chi connectivity index (χ1v) is 9.77. The van der Waals surface area contributed by atoms with Gasteiger partial charge in [0, 0.05) is 23.7 Å². The van der Waals surface area contributed by atoms with Gasteiger partial charge in [-0.3, -0.25) is 9.69 Å². The summed E-state index contributed by atoms with van der Waals surface area (Å²) in [7, 11) is 0. The molecule has 160 valence electrons. The average molecular weight is 411 g/mol. The Labute approximate surface area is 169 Å². The molecule has 1 aromatic heterocycles. The Bertz CT molecular complexity index is 810. The second-order valence-corrected chi connectivity index (χ2v) is 7.38. The number of halogens is 3. The van der Waals surface area contributed by atoms with Crippen LogP contribution in [0.25, 0.3) is 11.3 Å². The van der Waals surface area contributed by atoms with Crippen LogP contribution in [0.4, 0.5) is 13.2 Å². The molecular weight excluding hydrogens is 383 g/mol. The molecule has 0 saturated carbocycles. The molecule has 29 heavy (non-hydrogen) atoms. The van der Waals surface area contributed by atoms with Crippen LogP contribution in [0.2, 0.25) is 0 Å². The topological polar surface area (TPSA) is 58.4 Å². The van der Waals surface area contributed by atoms with E-state index in [2.05, 4.69) is 15.4 Å². The summed E-state index contributed by atoms with van der Waals surface area (Å²) in [5.74, 6) is 0.203. The number of nitrogens with zero attached hydrogens (tertiary/aromatic N) is 2. The summed E-state index contributed by atoms with van der Waals surface area (Å²) >= 11 is 0. The quantitative estimate of drug-likeness (QED) is 0.666. The van der Waals surface area contributed by atoms with Crippen LogP contribution in [0.15, 0.2) is 28.8 Å². The Balaban J connectivity index is 2.44. The molecule has 1 atom stereocenters. The van der Waals surface area contributed by atoms with E-state index in [1.54, 1.807) is 0 Å². The lowest BCUT2D eigenvalue weighted by Gasteiger charge is -2.19. The van der Waals surface area contributed by atoms with Crippen molar-refractivity contribution < 1.29 is 22.5 Å². The summed E-state index contributed by atoms with van der Waals surface area (Å²) in [6.07, 6.45) is -4.41. The van der Waals surface area contributed by atoms with E-state index in [4.69, 9.17) is 4.52 Å². The van der Waals surface area contributed by atoms with Crippen LogP contribution in [0.3, 0.4) is 0 Å². The van der Waals surface area contributed by atoms with E-state index in [-0.39, 0.29) is 23.6 Å². The van der Waals surface area contributed by atoms with Gasteiger partial charge in [0.25, 0.3) is 5.91 Å². The van der Waals surface area contributed by atoms with Gasteiger partial charge in [-0.05, 0) is 38.1 Å². The number of aromatic nitrogens is 1. The molecule has 8 heteroatoms. The molecule has 0 aliphatic heterocycles. The van der Waals surface area contributed by atoms with Crippen LogP contribution >= 0.6 is 0 Å². The molecule has 1 heterocycles. The van der Waals surface area contributed by atoms with Crippen molar-refractivity contribution in [1.82, 2.24) is 15.4 Å². The van der Waals surface area contributed by atoms with Gasteiger partial charge in [0.15, 0.2) is 11.5 Å². The van der Waals surface area contributed by atoms with Crippen LogP contribution in [-0.2, 0) is 12.7 Å². The lowest BCUT2D eigenvalue weighted by Crippen LogP contribution is -2.37. The molecule has 0 bridgehead atoms. The largest absolute Gasteiger partial charge is 0.416 e. The van der Waals surface area contributed by atoms with Crippen LogP contribution in [-0.4, -0.2) is 35.1 Å². The Hall–Kier alpha value is -2.35. The standard InChI is InChI=1S/C21H28F3N3O2/c1-6-27(7-2)12-17-18(20(28)25-14(5)13(3)4)26-29-19(17)15-8-10-16(11-9-15)21(22,23)24/h8-11,13-14H,6-7,12H2,1-5H3,(H,25,28)/t14-/m0/s1. The summed E-state index contributed by atoms with van der Waals surface area (Å²) in [5, 5.41) is 6.87. The van der Waals surface area contributed by atoms with Crippen molar-refractivity contribution in [2.75, 3.05) is 13.1 Å². The maximum atomic E-state index is 12.9. The summed E-state index contributed by atoms with van der Waals surface area (Å²) < 4.78 is 44.0. The van der Waals surface area contributed by atoms with Gasteiger partial charge in [0.05, 0.1) is 5.56 Å². The molecule has 0 fully saturated rings. The zero-order chi connectivity index (χ0) is 21.8. The number of hydrogen-bond donors (Lipinski definition) is 1. The minimum absolute atomic E-state index is 0.0602. The first-order valence-electron chi connectivity index (χ1n) is 9.77. The Morgan fingerprint density at radius 2 is 1.72 bits per heavy atom. The predicted octanol–water partition coefficient (Wildman–Crippen LogP) is 4.98. The van der Waals surface area contributed by atoms with Crippen molar-refractivity contribution in [2.24, 2.45) is 5.92 Å². The number of carbonyl (C=O) groups excluding carboxylic acids is 1. The molecule has 1 amide bonds. The van der Waals surface area contributed by atoms with Gasteiger partial charge in [-0.25, -0.2) is 0 Å². The van der Waals surface area contributed by atoms with E-state index in [0.717, 1.165) is 25.2 Å². The number of rotatable bonds is 8. The fourth-order valence-electron chi connectivity index (χ4n) is 2.78.